The van der Waals surface area contributed by atoms with E-state index in [-0.39, 0.29) is 18.0 Å². The minimum Gasteiger partial charge on any atom is -0.459 e. The summed E-state index contributed by atoms with van der Waals surface area (Å²) in [6.07, 6.45) is 5.55. The Morgan fingerprint density at radius 1 is 1.39 bits per heavy atom. The third kappa shape index (κ3) is 5.59. The first kappa shape index (κ1) is 17.3. The molecule has 1 saturated heterocycles. The number of carbonyl (C=O) groups is 1. The number of ether oxygens (including phenoxy) is 1. The van der Waals surface area contributed by atoms with Crippen molar-refractivity contribution in [2.75, 3.05) is 32.7 Å². The molecule has 0 N–H and O–H groups in total. The maximum Gasteiger partial charge on any atom is 0.316 e. The monoisotopic (exact) mass is 322 g/mol. The van der Waals surface area contributed by atoms with Crippen molar-refractivity contribution >= 4 is 5.91 Å². The van der Waals surface area contributed by atoms with E-state index in [1.807, 2.05) is 11.0 Å². The van der Waals surface area contributed by atoms with Gasteiger partial charge in [0.25, 0.3) is 0 Å². The van der Waals surface area contributed by atoms with Gasteiger partial charge >= 0.3 is 6.01 Å². The highest BCUT2D eigenvalue weighted by Gasteiger charge is 2.22. The number of allylic oxidation sites excluding steroid dienone is 1. The smallest absolute Gasteiger partial charge is 0.316 e. The van der Waals surface area contributed by atoms with E-state index in [0.29, 0.717) is 0 Å². The van der Waals surface area contributed by atoms with Crippen molar-refractivity contribution in [1.29, 1.82) is 0 Å². The van der Waals surface area contributed by atoms with Gasteiger partial charge in [0.1, 0.15) is 6.10 Å². The molecule has 1 aromatic rings. The second kappa shape index (κ2) is 8.57. The summed E-state index contributed by atoms with van der Waals surface area (Å²) in [6.45, 7) is 9.15. The van der Waals surface area contributed by atoms with Gasteiger partial charge in [0.2, 0.25) is 5.91 Å². The largest absolute Gasteiger partial charge is 0.459 e. The molecular formula is C16H23FN4O2. The summed E-state index contributed by atoms with van der Waals surface area (Å²) < 4.78 is 18.7. The third-order valence-electron chi connectivity index (χ3n) is 3.84. The number of amides is 1. The van der Waals surface area contributed by atoms with Crippen LogP contribution in [-0.2, 0) is 4.79 Å². The van der Waals surface area contributed by atoms with E-state index in [9.17, 15) is 9.18 Å². The van der Waals surface area contributed by atoms with E-state index in [0.717, 1.165) is 58.0 Å². The summed E-state index contributed by atoms with van der Waals surface area (Å²) in [6, 6.07) is 0.183. The van der Waals surface area contributed by atoms with Crippen LogP contribution in [0.5, 0.6) is 6.01 Å². The van der Waals surface area contributed by atoms with Crippen molar-refractivity contribution in [3.05, 3.63) is 30.9 Å². The van der Waals surface area contributed by atoms with Crippen LogP contribution in [0.3, 0.4) is 0 Å². The minimum atomic E-state index is -0.486. The quantitative estimate of drug-likeness (QED) is 0.712. The number of carbonyl (C=O) groups excluding carboxylic acids is 1. The number of hydrogen-bond acceptors (Lipinski definition) is 5. The fraction of sp³-hybridized carbons (Fsp3) is 0.562. The van der Waals surface area contributed by atoms with Crippen LogP contribution in [0.25, 0.3) is 0 Å². The topological polar surface area (TPSA) is 58.6 Å². The van der Waals surface area contributed by atoms with E-state index in [2.05, 4.69) is 21.4 Å². The molecule has 0 radical (unpaired) electrons. The average molecular weight is 322 g/mol. The van der Waals surface area contributed by atoms with Crippen LogP contribution in [-0.4, -0.2) is 64.5 Å². The van der Waals surface area contributed by atoms with Crippen LogP contribution in [0.1, 0.15) is 19.8 Å². The van der Waals surface area contributed by atoms with E-state index >= 15 is 0 Å². The van der Waals surface area contributed by atoms with E-state index < -0.39 is 5.82 Å². The zero-order valence-corrected chi connectivity index (χ0v) is 13.4. The van der Waals surface area contributed by atoms with Crippen molar-refractivity contribution < 1.29 is 13.9 Å². The lowest BCUT2D eigenvalue weighted by atomic mass is 10.1. The zero-order chi connectivity index (χ0) is 16.7. The molecule has 1 fully saturated rings. The Balaban J connectivity index is 1.89. The molecule has 0 bridgehead atoms. The summed E-state index contributed by atoms with van der Waals surface area (Å²) in [4.78, 5) is 23.2. The molecule has 23 heavy (non-hydrogen) atoms. The molecule has 0 unspecified atom stereocenters. The second-order valence-electron chi connectivity index (χ2n) is 5.60. The molecule has 6 nitrogen and oxygen atoms in total. The zero-order valence-electron chi connectivity index (χ0n) is 13.4. The molecule has 0 aromatic carbocycles. The molecule has 1 aliphatic rings. The average Bonchev–Trinajstić information content (AvgIpc) is 2.55. The van der Waals surface area contributed by atoms with Crippen molar-refractivity contribution in [1.82, 2.24) is 19.8 Å². The molecule has 2 heterocycles. The predicted octanol–water partition coefficient (Wildman–Crippen LogP) is 1.49. The highest BCUT2D eigenvalue weighted by atomic mass is 19.1. The van der Waals surface area contributed by atoms with Crippen LogP contribution in [0, 0.1) is 5.82 Å². The Hall–Kier alpha value is -2.02. The Morgan fingerprint density at radius 2 is 2.04 bits per heavy atom. The van der Waals surface area contributed by atoms with Gasteiger partial charge < -0.3 is 9.64 Å². The summed E-state index contributed by atoms with van der Waals surface area (Å²) in [5.41, 5.74) is 0. The molecule has 7 heteroatoms. The molecule has 1 aliphatic heterocycles. The number of aromatic nitrogens is 2. The van der Waals surface area contributed by atoms with Gasteiger partial charge in [-0.05, 0) is 12.8 Å². The van der Waals surface area contributed by atoms with Crippen molar-refractivity contribution in [2.24, 2.45) is 0 Å². The SMILES string of the molecule is C=CCC[C@@H](CN1CCN(C(C)=O)CC1)Oc1ncc(F)cn1. The van der Waals surface area contributed by atoms with Crippen molar-refractivity contribution in [3.8, 4) is 6.01 Å². The Morgan fingerprint density at radius 3 is 2.61 bits per heavy atom. The maximum absolute atomic E-state index is 12.9. The number of halogens is 1. The highest BCUT2D eigenvalue weighted by molar-refractivity contribution is 5.73. The lowest BCUT2D eigenvalue weighted by molar-refractivity contribution is -0.130. The normalized spacial score (nSPS) is 16.9. The minimum absolute atomic E-state index is 0.0951. The molecule has 0 saturated carbocycles. The Labute approximate surface area is 136 Å². The van der Waals surface area contributed by atoms with E-state index in [4.69, 9.17) is 4.74 Å². The van der Waals surface area contributed by atoms with Crippen molar-refractivity contribution in [3.63, 3.8) is 0 Å². The predicted molar refractivity (Wildman–Crippen MR) is 84.5 cm³/mol. The molecule has 2 rings (SSSR count). The van der Waals surface area contributed by atoms with Gasteiger partial charge in [-0.15, -0.1) is 6.58 Å². The lowest BCUT2D eigenvalue weighted by Gasteiger charge is -2.35. The van der Waals surface area contributed by atoms with Gasteiger partial charge in [0.05, 0.1) is 12.4 Å². The molecule has 0 aliphatic carbocycles. The van der Waals surface area contributed by atoms with Crippen LogP contribution >= 0.6 is 0 Å². The Kier molecular flexibility index (Phi) is 6.46. The fourth-order valence-electron chi connectivity index (χ4n) is 2.53. The van der Waals surface area contributed by atoms with Gasteiger partial charge in [0, 0.05) is 39.6 Å². The molecule has 1 aromatic heterocycles. The first-order chi connectivity index (χ1) is 11.1. The van der Waals surface area contributed by atoms with E-state index in [1.165, 1.54) is 0 Å². The summed E-state index contributed by atoms with van der Waals surface area (Å²) >= 11 is 0. The van der Waals surface area contributed by atoms with Gasteiger partial charge in [-0.3, -0.25) is 9.69 Å². The summed E-state index contributed by atoms with van der Waals surface area (Å²) in [7, 11) is 0. The first-order valence-electron chi connectivity index (χ1n) is 7.81. The van der Waals surface area contributed by atoms with Crippen LogP contribution in [0.2, 0.25) is 0 Å². The number of piperazine rings is 1. The summed E-state index contributed by atoms with van der Waals surface area (Å²) in [5, 5.41) is 0. The van der Waals surface area contributed by atoms with Gasteiger partial charge in [0.15, 0.2) is 5.82 Å². The first-order valence-corrected chi connectivity index (χ1v) is 7.81. The van der Waals surface area contributed by atoms with Crippen molar-refractivity contribution in [2.45, 2.75) is 25.9 Å². The standard InChI is InChI=1S/C16H23FN4O2/c1-3-4-5-15(23-16-18-10-14(17)11-19-16)12-20-6-8-21(9-7-20)13(2)22/h3,10-11,15H,1,4-9,12H2,2H3/t15-/m0/s1. The number of nitrogens with zero attached hydrogens (tertiary/aromatic N) is 4. The van der Waals surface area contributed by atoms with Crippen LogP contribution < -0.4 is 4.74 Å². The third-order valence-corrected chi connectivity index (χ3v) is 3.84. The lowest BCUT2D eigenvalue weighted by Crippen LogP contribution is -2.50. The molecule has 126 valence electrons. The van der Waals surface area contributed by atoms with Crippen LogP contribution in [0.4, 0.5) is 4.39 Å². The van der Waals surface area contributed by atoms with Gasteiger partial charge in [-0.25, -0.2) is 14.4 Å². The van der Waals surface area contributed by atoms with E-state index in [1.54, 1.807) is 6.92 Å². The summed E-state index contributed by atoms with van der Waals surface area (Å²) in [5.74, 6) is -0.371. The fourth-order valence-corrected chi connectivity index (χ4v) is 2.53. The highest BCUT2D eigenvalue weighted by Crippen LogP contribution is 2.12. The molecule has 1 amide bonds. The Bertz CT molecular complexity index is 515. The second-order valence-corrected chi connectivity index (χ2v) is 5.60. The van der Waals surface area contributed by atoms with Crippen LogP contribution in [0.15, 0.2) is 25.0 Å². The maximum atomic E-state index is 12.9. The molecule has 1 atom stereocenters. The van der Waals surface area contributed by atoms with Gasteiger partial charge in [-0.1, -0.05) is 6.08 Å². The molecule has 0 spiro atoms. The van der Waals surface area contributed by atoms with Gasteiger partial charge in [-0.2, -0.15) is 0 Å². The molecular weight excluding hydrogens is 299 g/mol. The number of hydrogen-bond donors (Lipinski definition) is 0. The number of rotatable bonds is 7.